The van der Waals surface area contributed by atoms with Crippen molar-refractivity contribution in [3.8, 4) is 0 Å². The molecule has 0 radical (unpaired) electrons. The normalized spacial score (nSPS) is 26.6. The quantitative estimate of drug-likeness (QED) is 0.854. The molecule has 5 heteroatoms. The van der Waals surface area contributed by atoms with Crippen molar-refractivity contribution in [1.82, 2.24) is 4.90 Å². The third kappa shape index (κ3) is 3.91. The molecule has 1 aromatic carbocycles. The molecule has 1 aliphatic heterocycles. The first-order valence-electron chi connectivity index (χ1n) is 9.16. The molecule has 0 spiro atoms. The molecule has 134 valence electrons. The van der Waals surface area contributed by atoms with E-state index in [-0.39, 0.29) is 36.0 Å². The van der Waals surface area contributed by atoms with Crippen LogP contribution in [0.3, 0.4) is 0 Å². The molecule has 2 aliphatic rings. The van der Waals surface area contributed by atoms with Crippen molar-refractivity contribution in [3.63, 3.8) is 0 Å². The van der Waals surface area contributed by atoms with Crippen molar-refractivity contribution in [2.24, 2.45) is 11.8 Å². The van der Waals surface area contributed by atoms with Crippen LogP contribution in [0, 0.1) is 11.8 Å². The third-order valence-electron chi connectivity index (χ3n) is 5.52. The van der Waals surface area contributed by atoms with Crippen LogP contribution in [0.1, 0.15) is 56.3 Å². The first-order valence-corrected chi connectivity index (χ1v) is 9.16. The Hall–Kier alpha value is -2.17. The lowest BCUT2D eigenvalue weighted by molar-refractivity contribution is -0.130. The van der Waals surface area contributed by atoms with Crippen LogP contribution in [-0.4, -0.2) is 35.1 Å². The number of carbonyl (C=O) groups excluding carboxylic acids is 3. The second-order valence-electron chi connectivity index (χ2n) is 7.45. The Morgan fingerprint density at radius 1 is 1.12 bits per heavy atom. The van der Waals surface area contributed by atoms with E-state index in [1.54, 1.807) is 24.3 Å². The molecule has 1 unspecified atom stereocenters. The summed E-state index contributed by atoms with van der Waals surface area (Å²) in [4.78, 5) is 38.6. The van der Waals surface area contributed by atoms with Gasteiger partial charge in [0.05, 0.1) is 11.6 Å². The Bertz CT molecular complexity index is 677. The zero-order valence-electron chi connectivity index (χ0n) is 15.0. The molecule has 0 aromatic heterocycles. The van der Waals surface area contributed by atoms with Gasteiger partial charge in [-0.05, 0) is 50.7 Å². The highest BCUT2D eigenvalue weighted by Crippen LogP contribution is 2.31. The molecule has 2 fully saturated rings. The lowest BCUT2D eigenvalue weighted by Crippen LogP contribution is -2.39. The third-order valence-corrected chi connectivity index (χ3v) is 5.52. The van der Waals surface area contributed by atoms with E-state index < -0.39 is 0 Å². The van der Waals surface area contributed by atoms with Gasteiger partial charge >= 0.3 is 0 Å². The van der Waals surface area contributed by atoms with Crippen molar-refractivity contribution < 1.29 is 14.4 Å². The topological polar surface area (TPSA) is 66.5 Å². The van der Waals surface area contributed by atoms with Gasteiger partial charge in [-0.1, -0.05) is 19.1 Å². The Kier molecular flexibility index (Phi) is 5.21. The van der Waals surface area contributed by atoms with Gasteiger partial charge in [0.2, 0.25) is 11.8 Å². The maximum absolute atomic E-state index is 12.6. The molecule has 2 amide bonds. The maximum Gasteiger partial charge on any atom is 0.229 e. The van der Waals surface area contributed by atoms with Crippen LogP contribution < -0.4 is 5.32 Å². The molecular weight excluding hydrogens is 316 g/mol. The average Bonchev–Trinajstić information content (AvgIpc) is 2.98. The van der Waals surface area contributed by atoms with Gasteiger partial charge in [-0.2, -0.15) is 0 Å². The average molecular weight is 342 g/mol. The fourth-order valence-electron chi connectivity index (χ4n) is 3.95. The fraction of sp³-hybridized carbons (Fsp3) is 0.550. The number of carbonyl (C=O) groups is 3. The van der Waals surface area contributed by atoms with Crippen LogP contribution in [0.2, 0.25) is 0 Å². The summed E-state index contributed by atoms with van der Waals surface area (Å²) in [5.74, 6) is 0.215. The maximum atomic E-state index is 12.6. The molecule has 1 saturated heterocycles. The lowest BCUT2D eigenvalue weighted by Gasteiger charge is -2.33. The number of Topliss-reactive ketones (excluding diaryl/α,β-unsaturated/α-hetero) is 1. The summed E-state index contributed by atoms with van der Waals surface area (Å²) in [7, 11) is 0. The summed E-state index contributed by atoms with van der Waals surface area (Å²) >= 11 is 0. The largest absolute Gasteiger partial charge is 0.339 e. The van der Waals surface area contributed by atoms with E-state index in [2.05, 4.69) is 12.2 Å². The number of ketones is 1. The van der Waals surface area contributed by atoms with E-state index >= 15 is 0 Å². The Morgan fingerprint density at radius 2 is 1.80 bits per heavy atom. The van der Waals surface area contributed by atoms with E-state index in [4.69, 9.17) is 0 Å². The number of likely N-dealkylation sites (tertiary alicyclic amines) is 1. The zero-order valence-corrected chi connectivity index (χ0v) is 15.0. The van der Waals surface area contributed by atoms with Crippen LogP contribution in [0.15, 0.2) is 24.3 Å². The van der Waals surface area contributed by atoms with Crippen LogP contribution in [0.5, 0.6) is 0 Å². The highest BCUT2D eigenvalue weighted by Gasteiger charge is 2.38. The smallest absolute Gasteiger partial charge is 0.229 e. The lowest BCUT2D eigenvalue weighted by atomic mass is 9.87. The van der Waals surface area contributed by atoms with Crippen molar-refractivity contribution in [2.45, 2.75) is 52.0 Å². The molecule has 1 N–H and O–H groups in total. The van der Waals surface area contributed by atoms with E-state index in [1.165, 1.54) is 6.92 Å². The van der Waals surface area contributed by atoms with Gasteiger partial charge in [0, 0.05) is 24.6 Å². The first-order chi connectivity index (χ1) is 12.0. The summed E-state index contributed by atoms with van der Waals surface area (Å²) in [6.07, 6.45) is 4.64. The highest BCUT2D eigenvalue weighted by molar-refractivity contribution is 6.05. The van der Waals surface area contributed by atoms with Gasteiger partial charge in [-0.3, -0.25) is 14.4 Å². The number of nitrogens with one attached hydrogen (secondary N) is 1. The Balaban J connectivity index is 1.64. The van der Waals surface area contributed by atoms with Gasteiger partial charge in [0.1, 0.15) is 0 Å². The van der Waals surface area contributed by atoms with Crippen LogP contribution in [0.25, 0.3) is 0 Å². The number of nitrogens with zero attached hydrogens (tertiary/aromatic N) is 1. The number of rotatable bonds is 4. The van der Waals surface area contributed by atoms with Crippen molar-refractivity contribution in [3.05, 3.63) is 29.8 Å². The molecule has 3 rings (SSSR count). The summed E-state index contributed by atoms with van der Waals surface area (Å²) in [6, 6.07) is 7.28. The predicted octanol–water partition coefficient (Wildman–Crippen LogP) is 3.25. The van der Waals surface area contributed by atoms with E-state index in [9.17, 15) is 14.4 Å². The minimum Gasteiger partial charge on any atom is -0.339 e. The van der Waals surface area contributed by atoms with Crippen LogP contribution in [-0.2, 0) is 9.59 Å². The number of para-hydroxylation sites is 1. The highest BCUT2D eigenvalue weighted by atomic mass is 16.2. The molecule has 25 heavy (non-hydrogen) atoms. The van der Waals surface area contributed by atoms with Crippen LogP contribution >= 0.6 is 0 Å². The Labute approximate surface area is 148 Å². The number of hydrogen-bond acceptors (Lipinski definition) is 3. The first kappa shape index (κ1) is 17.6. The summed E-state index contributed by atoms with van der Waals surface area (Å²) in [6.45, 7) is 4.23. The second-order valence-corrected chi connectivity index (χ2v) is 7.45. The van der Waals surface area contributed by atoms with Gasteiger partial charge in [-0.15, -0.1) is 0 Å². The number of benzene rings is 1. The van der Waals surface area contributed by atoms with Crippen molar-refractivity contribution in [1.29, 1.82) is 0 Å². The molecule has 5 nitrogen and oxygen atoms in total. The predicted molar refractivity (Wildman–Crippen MR) is 96.3 cm³/mol. The SMILES string of the molecule is CC(=O)c1ccccc1NC(=O)C1CC(=O)N(C2CCC(C)CC2)C1. The number of amides is 2. The monoisotopic (exact) mass is 342 g/mol. The van der Waals surface area contributed by atoms with Crippen molar-refractivity contribution in [2.75, 3.05) is 11.9 Å². The molecule has 0 bridgehead atoms. The molecular formula is C20H26N2O3. The molecule has 1 aromatic rings. The summed E-state index contributed by atoms with van der Waals surface area (Å²) < 4.78 is 0. The minimum atomic E-state index is -0.341. The van der Waals surface area contributed by atoms with Gasteiger partial charge in [-0.25, -0.2) is 0 Å². The number of hydrogen-bond donors (Lipinski definition) is 1. The van der Waals surface area contributed by atoms with Gasteiger partial charge in [0.15, 0.2) is 5.78 Å². The van der Waals surface area contributed by atoms with Gasteiger partial charge < -0.3 is 10.2 Å². The van der Waals surface area contributed by atoms with Gasteiger partial charge in [0.25, 0.3) is 0 Å². The van der Waals surface area contributed by atoms with Crippen molar-refractivity contribution >= 4 is 23.3 Å². The summed E-state index contributed by atoms with van der Waals surface area (Å²) in [5.41, 5.74) is 1.02. The van der Waals surface area contributed by atoms with E-state index in [1.807, 2.05) is 4.90 Å². The van der Waals surface area contributed by atoms with Crippen LogP contribution in [0.4, 0.5) is 5.69 Å². The van der Waals surface area contributed by atoms with E-state index in [0.29, 0.717) is 17.8 Å². The molecule has 1 atom stereocenters. The number of anilines is 1. The molecule has 1 aliphatic carbocycles. The van der Waals surface area contributed by atoms with E-state index in [0.717, 1.165) is 31.6 Å². The molecule has 1 heterocycles. The summed E-state index contributed by atoms with van der Waals surface area (Å²) in [5, 5.41) is 2.85. The second kappa shape index (κ2) is 7.38. The minimum absolute atomic E-state index is 0.0829. The Morgan fingerprint density at radius 3 is 2.48 bits per heavy atom. The fourth-order valence-corrected chi connectivity index (χ4v) is 3.95. The molecule has 1 saturated carbocycles. The zero-order chi connectivity index (χ0) is 18.0. The standard InChI is InChI=1S/C20H26N2O3/c1-13-7-9-16(10-8-13)22-12-15(11-19(22)24)20(25)21-18-6-4-3-5-17(18)14(2)23/h3-6,13,15-16H,7-12H2,1-2H3,(H,21,25).